The Labute approximate surface area is 210 Å². The van der Waals surface area contributed by atoms with Crippen LogP contribution in [0.4, 0.5) is 17.1 Å². The van der Waals surface area contributed by atoms with Crippen LogP contribution in [-0.2, 0) is 4.74 Å². The molecule has 2 amide bonds. The number of nitrogens with one attached hydrogen (secondary N) is 2. The van der Waals surface area contributed by atoms with Crippen LogP contribution < -0.4 is 15.5 Å². The third-order valence-corrected chi connectivity index (χ3v) is 6.65. The van der Waals surface area contributed by atoms with E-state index in [0.717, 1.165) is 70.9 Å². The maximum atomic E-state index is 13.2. The first-order valence-corrected chi connectivity index (χ1v) is 12.5. The molecule has 2 aromatic rings. The number of nitro groups is 1. The summed E-state index contributed by atoms with van der Waals surface area (Å²) in [6.45, 7) is 8.19. The van der Waals surface area contributed by atoms with Crippen molar-refractivity contribution < 1.29 is 19.2 Å². The number of carbonyl (C=O) groups excluding carboxylic acids is 2. The highest BCUT2D eigenvalue weighted by Crippen LogP contribution is 2.28. The number of hydrogen-bond donors (Lipinski definition) is 2. The quantitative estimate of drug-likeness (QED) is 0.312. The van der Waals surface area contributed by atoms with Gasteiger partial charge in [0.2, 0.25) is 0 Å². The van der Waals surface area contributed by atoms with E-state index in [1.807, 2.05) is 6.07 Å². The van der Waals surface area contributed by atoms with Crippen LogP contribution in [0.1, 0.15) is 45.5 Å². The number of nitro benzene ring substituents is 1. The normalized spacial score (nSPS) is 16.1. The minimum absolute atomic E-state index is 0.107. The summed E-state index contributed by atoms with van der Waals surface area (Å²) < 4.78 is 5.38. The number of ether oxygens (including phenoxy) is 1. The van der Waals surface area contributed by atoms with Gasteiger partial charge >= 0.3 is 0 Å². The lowest BCUT2D eigenvalue weighted by Crippen LogP contribution is -2.38. The highest BCUT2D eigenvalue weighted by atomic mass is 16.6. The summed E-state index contributed by atoms with van der Waals surface area (Å²) in [6, 6.07) is 9.69. The zero-order chi connectivity index (χ0) is 25.5. The average molecular weight is 496 g/mol. The highest BCUT2D eigenvalue weighted by molar-refractivity contribution is 6.06. The molecule has 2 heterocycles. The molecule has 2 saturated heterocycles. The minimum atomic E-state index is -0.502. The van der Waals surface area contributed by atoms with Crippen LogP contribution in [0.3, 0.4) is 0 Å². The Morgan fingerprint density at radius 1 is 1.03 bits per heavy atom. The summed E-state index contributed by atoms with van der Waals surface area (Å²) >= 11 is 0. The molecule has 0 aliphatic carbocycles. The number of rotatable bonds is 9. The van der Waals surface area contributed by atoms with E-state index in [2.05, 4.69) is 20.4 Å². The van der Waals surface area contributed by atoms with Gasteiger partial charge in [-0.05, 0) is 57.0 Å². The molecule has 0 atom stereocenters. The number of aryl methyl sites for hydroxylation is 1. The van der Waals surface area contributed by atoms with Gasteiger partial charge in [-0.1, -0.05) is 6.07 Å². The molecular weight excluding hydrogens is 462 g/mol. The van der Waals surface area contributed by atoms with Crippen molar-refractivity contribution in [2.45, 2.75) is 26.2 Å². The number of amides is 2. The first-order chi connectivity index (χ1) is 17.4. The number of morpholine rings is 1. The third kappa shape index (κ3) is 6.38. The number of anilines is 2. The summed E-state index contributed by atoms with van der Waals surface area (Å²) in [6.07, 6.45) is 2.99. The molecule has 10 nitrogen and oxygen atoms in total. The van der Waals surface area contributed by atoms with Crippen LogP contribution in [0, 0.1) is 17.0 Å². The SMILES string of the molecule is Cc1ccc(C(=O)Nc2ccc(N3CCCC3)c(C(=O)NCCCN3CCOCC3)c2)cc1[N+](=O)[O-]. The third-order valence-electron chi connectivity index (χ3n) is 6.65. The number of nitrogens with zero attached hydrogens (tertiary/aromatic N) is 3. The average Bonchev–Trinajstić information content (AvgIpc) is 3.42. The summed E-state index contributed by atoms with van der Waals surface area (Å²) in [7, 11) is 0. The van der Waals surface area contributed by atoms with E-state index in [4.69, 9.17) is 4.74 Å². The van der Waals surface area contributed by atoms with Gasteiger partial charge in [-0.15, -0.1) is 0 Å². The van der Waals surface area contributed by atoms with Gasteiger partial charge < -0.3 is 20.3 Å². The Balaban J connectivity index is 1.45. The van der Waals surface area contributed by atoms with Crippen molar-refractivity contribution in [1.29, 1.82) is 0 Å². The molecule has 4 rings (SSSR count). The van der Waals surface area contributed by atoms with E-state index in [9.17, 15) is 19.7 Å². The van der Waals surface area contributed by atoms with E-state index in [1.165, 1.54) is 6.07 Å². The second-order valence-corrected chi connectivity index (χ2v) is 9.20. The fraction of sp³-hybridized carbons (Fsp3) is 0.462. The molecule has 0 unspecified atom stereocenters. The monoisotopic (exact) mass is 495 g/mol. The van der Waals surface area contributed by atoms with Gasteiger partial charge in [0.15, 0.2) is 0 Å². The second kappa shape index (κ2) is 12.0. The lowest BCUT2D eigenvalue weighted by Gasteiger charge is -2.26. The molecule has 0 aromatic heterocycles. The van der Waals surface area contributed by atoms with Gasteiger partial charge in [-0.2, -0.15) is 0 Å². The van der Waals surface area contributed by atoms with Crippen LogP contribution in [0.5, 0.6) is 0 Å². The Bertz CT molecular complexity index is 1110. The smallest absolute Gasteiger partial charge is 0.273 e. The fourth-order valence-corrected chi connectivity index (χ4v) is 4.60. The van der Waals surface area contributed by atoms with Crippen molar-refractivity contribution in [2.24, 2.45) is 0 Å². The predicted octanol–water partition coefficient (Wildman–Crippen LogP) is 3.21. The van der Waals surface area contributed by atoms with Crippen molar-refractivity contribution in [2.75, 3.05) is 62.7 Å². The van der Waals surface area contributed by atoms with E-state index in [1.54, 1.807) is 31.2 Å². The zero-order valence-corrected chi connectivity index (χ0v) is 20.6. The molecule has 0 radical (unpaired) electrons. The Kier molecular flexibility index (Phi) is 8.50. The van der Waals surface area contributed by atoms with E-state index < -0.39 is 10.8 Å². The van der Waals surface area contributed by atoms with Crippen LogP contribution in [0.2, 0.25) is 0 Å². The number of carbonyl (C=O) groups is 2. The number of hydrogen-bond acceptors (Lipinski definition) is 7. The molecule has 36 heavy (non-hydrogen) atoms. The summed E-state index contributed by atoms with van der Waals surface area (Å²) in [5, 5.41) is 17.1. The van der Waals surface area contributed by atoms with E-state index in [0.29, 0.717) is 23.4 Å². The topological polar surface area (TPSA) is 117 Å². The molecule has 0 spiro atoms. The Morgan fingerprint density at radius 2 is 1.78 bits per heavy atom. The molecule has 2 aromatic carbocycles. The molecule has 192 valence electrons. The van der Waals surface area contributed by atoms with Gasteiger partial charge in [-0.25, -0.2) is 0 Å². The second-order valence-electron chi connectivity index (χ2n) is 9.20. The molecule has 10 heteroatoms. The molecule has 0 saturated carbocycles. The standard InChI is InChI=1S/C26H33N5O5/c1-19-5-6-20(17-24(19)31(34)35)25(32)28-21-7-8-23(30-11-2-3-12-30)22(18-21)26(33)27-9-4-10-29-13-15-36-16-14-29/h5-8,17-18H,2-4,9-16H2,1H3,(H,27,33)(H,28,32). The van der Waals surface area contributed by atoms with Crippen LogP contribution >= 0.6 is 0 Å². The van der Waals surface area contributed by atoms with Crippen molar-refractivity contribution in [3.05, 3.63) is 63.2 Å². The zero-order valence-electron chi connectivity index (χ0n) is 20.6. The Morgan fingerprint density at radius 3 is 2.50 bits per heavy atom. The van der Waals surface area contributed by atoms with Gasteiger partial charge in [0, 0.05) is 61.3 Å². The minimum Gasteiger partial charge on any atom is -0.379 e. The molecule has 2 aliphatic heterocycles. The largest absolute Gasteiger partial charge is 0.379 e. The molecule has 2 aliphatic rings. The first-order valence-electron chi connectivity index (χ1n) is 12.5. The number of benzene rings is 2. The van der Waals surface area contributed by atoms with Crippen molar-refractivity contribution in [3.63, 3.8) is 0 Å². The van der Waals surface area contributed by atoms with E-state index in [-0.39, 0.29) is 17.2 Å². The fourth-order valence-electron chi connectivity index (χ4n) is 4.60. The molecule has 0 bridgehead atoms. The predicted molar refractivity (Wildman–Crippen MR) is 138 cm³/mol. The van der Waals surface area contributed by atoms with Crippen LogP contribution in [-0.4, -0.2) is 74.1 Å². The van der Waals surface area contributed by atoms with Crippen molar-refractivity contribution in [1.82, 2.24) is 10.2 Å². The maximum absolute atomic E-state index is 13.2. The summed E-state index contributed by atoms with van der Waals surface area (Å²) in [5.74, 6) is -0.648. The lowest BCUT2D eigenvalue weighted by molar-refractivity contribution is -0.385. The summed E-state index contributed by atoms with van der Waals surface area (Å²) in [4.78, 5) is 41.3. The van der Waals surface area contributed by atoms with Gasteiger partial charge in [-0.3, -0.25) is 24.6 Å². The first kappa shape index (κ1) is 25.6. The maximum Gasteiger partial charge on any atom is 0.273 e. The van der Waals surface area contributed by atoms with Gasteiger partial charge in [0.05, 0.1) is 23.7 Å². The lowest BCUT2D eigenvalue weighted by atomic mass is 10.1. The van der Waals surface area contributed by atoms with Crippen molar-refractivity contribution >= 4 is 28.9 Å². The Hall–Kier alpha value is -3.50. The van der Waals surface area contributed by atoms with Crippen molar-refractivity contribution in [3.8, 4) is 0 Å². The highest BCUT2D eigenvalue weighted by Gasteiger charge is 2.21. The van der Waals surface area contributed by atoms with Crippen LogP contribution in [0.25, 0.3) is 0 Å². The van der Waals surface area contributed by atoms with E-state index >= 15 is 0 Å². The molecule has 2 N–H and O–H groups in total. The van der Waals surface area contributed by atoms with Gasteiger partial charge in [0.25, 0.3) is 17.5 Å². The molecular formula is C26H33N5O5. The van der Waals surface area contributed by atoms with Gasteiger partial charge in [0.1, 0.15) is 0 Å². The summed E-state index contributed by atoms with van der Waals surface area (Å²) in [5.41, 5.74) is 2.39. The van der Waals surface area contributed by atoms with Crippen LogP contribution in [0.15, 0.2) is 36.4 Å². The molecule has 2 fully saturated rings.